The van der Waals surface area contributed by atoms with E-state index < -0.39 is 21.9 Å². The number of nitrogens with one attached hydrogen (secondary N) is 1. The van der Waals surface area contributed by atoms with Crippen molar-refractivity contribution in [1.29, 1.82) is 0 Å². The van der Waals surface area contributed by atoms with Crippen LogP contribution in [-0.2, 0) is 19.6 Å². The van der Waals surface area contributed by atoms with Gasteiger partial charge in [0.05, 0.1) is 23.5 Å². The molecular formula is C21H24N2O5S. The molecule has 154 valence electrons. The highest BCUT2D eigenvalue weighted by atomic mass is 32.2. The molecule has 0 aromatic heterocycles. The van der Waals surface area contributed by atoms with E-state index in [0.29, 0.717) is 36.2 Å². The van der Waals surface area contributed by atoms with Gasteiger partial charge in [-0.25, -0.2) is 13.2 Å². The second kappa shape index (κ2) is 8.75. The van der Waals surface area contributed by atoms with E-state index in [-0.39, 0.29) is 17.3 Å². The molecule has 2 aromatic rings. The minimum absolute atomic E-state index is 0.124. The molecule has 0 aliphatic carbocycles. The summed E-state index contributed by atoms with van der Waals surface area (Å²) < 4.78 is 32.4. The average molecular weight is 416 g/mol. The molecule has 1 aliphatic heterocycles. The largest absolute Gasteiger partial charge is 0.465 e. The highest BCUT2D eigenvalue weighted by molar-refractivity contribution is 7.89. The van der Waals surface area contributed by atoms with Crippen LogP contribution in [0, 0.1) is 12.8 Å². The number of anilines is 1. The number of carbonyl (C=O) groups is 2. The first kappa shape index (κ1) is 21.0. The standard InChI is InChI=1S/C21H24N2O5S/c1-15-13-16(21(25)28-2)10-11-19(15)29(26,27)23-12-6-7-17(14-23)20(24)22-18-8-4-3-5-9-18/h3-5,8-11,13,17H,6-7,12,14H2,1-2H3,(H,22,24). The van der Waals surface area contributed by atoms with Crippen molar-refractivity contribution in [1.82, 2.24) is 4.31 Å². The van der Waals surface area contributed by atoms with E-state index >= 15 is 0 Å². The molecule has 1 fully saturated rings. The number of rotatable bonds is 5. The Morgan fingerprint density at radius 1 is 1.14 bits per heavy atom. The SMILES string of the molecule is COC(=O)c1ccc(S(=O)(=O)N2CCCC(C(=O)Nc3ccccc3)C2)c(C)c1. The van der Waals surface area contributed by atoms with Crippen LogP contribution in [0.25, 0.3) is 0 Å². The van der Waals surface area contributed by atoms with Gasteiger partial charge in [-0.3, -0.25) is 4.79 Å². The van der Waals surface area contributed by atoms with Gasteiger partial charge in [0.1, 0.15) is 0 Å². The zero-order valence-corrected chi connectivity index (χ0v) is 17.2. The quantitative estimate of drug-likeness (QED) is 0.757. The topological polar surface area (TPSA) is 92.8 Å². The van der Waals surface area contributed by atoms with Gasteiger partial charge in [-0.2, -0.15) is 4.31 Å². The molecule has 7 nitrogen and oxygen atoms in total. The number of benzene rings is 2. The van der Waals surface area contributed by atoms with E-state index in [1.165, 1.54) is 29.6 Å². The first-order valence-corrected chi connectivity index (χ1v) is 10.8. The molecule has 1 unspecified atom stereocenters. The van der Waals surface area contributed by atoms with Crippen LogP contribution in [0.4, 0.5) is 5.69 Å². The minimum Gasteiger partial charge on any atom is -0.465 e. The Morgan fingerprint density at radius 3 is 2.52 bits per heavy atom. The van der Waals surface area contributed by atoms with E-state index in [9.17, 15) is 18.0 Å². The Hall–Kier alpha value is -2.71. The molecule has 1 saturated heterocycles. The van der Waals surface area contributed by atoms with Gasteiger partial charge in [0, 0.05) is 18.8 Å². The number of aryl methyl sites for hydroxylation is 1. The fourth-order valence-corrected chi connectivity index (χ4v) is 5.19. The first-order chi connectivity index (χ1) is 13.8. The molecule has 0 spiro atoms. The van der Waals surface area contributed by atoms with Gasteiger partial charge >= 0.3 is 5.97 Å². The molecule has 1 amide bonds. The molecule has 29 heavy (non-hydrogen) atoms. The lowest BCUT2D eigenvalue weighted by Crippen LogP contribution is -2.43. The lowest BCUT2D eigenvalue weighted by molar-refractivity contribution is -0.120. The molecule has 0 saturated carbocycles. The summed E-state index contributed by atoms with van der Waals surface area (Å²) in [6.07, 6.45) is 1.23. The summed E-state index contributed by atoms with van der Waals surface area (Å²) in [5, 5.41) is 2.85. The predicted octanol–water partition coefficient (Wildman–Crippen LogP) is 2.82. The number of ether oxygens (including phenoxy) is 1. The lowest BCUT2D eigenvalue weighted by Gasteiger charge is -2.31. The monoisotopic (exact) mass is 416 g/mol. The summed E-state index contributed by atoms with van der Waals surface area (Å²) in [5.74, 6) is -1.13. The van der Waals surface area contributed by atoms with E-state index in [4.69, 9.17) is 0 Å². The van der Waals surface area contributed by atoms with Crippen LogP contribution >= 0.6 is 0 Å². The highest BCUT2D eigenvalue weighted by Gasteiger charge is 2.34. The van der Waals surface area contributed by atoms with Crippen LogP contribution in [0.15, 0.2) is 53.4 Å². The second-order valence-corrected chi connectivity index (χ2v) is 8.94. The summed E-state index contributed by atoms with van der Waals surface area (Å²) in [6.45, 7) is 2.12. The predicted molar refractivity (Wildman–Crippen MR) is 109 cm³/mol. The van der Waals surface area contributed by atoms with Gasteiger partial charge in [0.2, 0.25) is 15.9 Å². The summed E-state index contributed by atoms with van der Waals surface area (Å²) in [5.41, 5.74) is 1.44. The summed E-state index contributed by atoms with van der Waals surface area (Å²) >= 11 is 0. The van der Waals surface area contributed by atoms with Crippen molar-refractivity contribution in [2.45, 2.75) is 24.7 Å². The Kier molecular flexibility index (Phi) is 6.34. The van der Waals surface area contributed by atoms with Gasteiger partial charge in [0.15, 0.2) is 0 Å². The van der Waals surface area contributed by atoms with Gasteiger partial charge < -0.3 is 10.1 Å². The Balaban J connectivity index is 1.77. The lowest BCUT2D eigenvalue weighted by atomic mass is 9.99. The fourth-order valence-electron chi connectivity index (χ4n) is 3.46. The van der Waals surface area contributed by atoms with Crippen LogP contribution in [0.2, 0.25) is 0 Å². The normalized spacial score (nSPS) is 17.5. The van der Waals surface area contributed by atoms with Crippen molar-refractivity contribution >= 4 is 27.6 Å². The molecule has 1 atom stereocenters. The number of piperidine rings is 1. The number of hydrogen-bond acceptors (Lipinski definition) is 5. The maximum atomic E-state index is 13.2. The number of nitrogens with zero attached hydrogens (tertiary/aromatic N) is 1. The van der Waals surface area contributed by atoms with Crippen LogP contribution in [0.5, 0.6) is 0 Å². The number of sulfonamides is 1. The van der Waals surface area contributed by atoms with Crippen LogP contribution in [0.3, 0.4) is 0 Å². The Morgan fingerprint density at radius 2 is 1.86 bits per heavy atom. The summed E-state index contributed by atoms with van der Waals surface area (Å²) in [4.78, 5) is 24.4. The van der Waals surface area contributed by atoms with Crippen molar-refractivity contribution in [3.8, 4) is 0 Å². The molecule has 0 radical (unpaired) electrons. The van der Waals surface area contributed by atoms with Crippen molar-refractivity contribution in [2.75, 3.05) is 25.5 Å². The van der Waals surface area contributed by atoms with E-state index in [0.717, 1.165) is 0 Å². The average Bonchev–Trinajstić information content (AvgIpc) is 2.73. The third kappa shape index (κ3) is 4.65. The fraction of sp³-hybridized carbons (Fsp3) is 0.333. The molecular weight excluding hydrogens is 392 g/mol. The van der Waals surface area contributed by atoms with Gasteiger partial charge in [-0.1, -0.05) is 18.2 Å². The Bertz CT molecular complexity index is 1000. The molecule has 3 rings (SSSR count). The smallest absolute Gasteiger partial charge is 0.337 e. The van der Waals surface area contributed by atoms with Crippen LogP contribution in [0.1, 0.15) is 28.8 Å². The van der Waals surface area contributed by atoms with Gasteiger partial charge in [-0.05, 0) is 55.7 Å². The van der Waals surface area contributed by atoms with E-state index in [2.05, 4.69) is 10.1 Å². The number of carbonyl (C=O) groups excluding carboxylic acids is 2. The van der Waals surface area contributed by atoms with E-state index in [1.807, 2.05) is 18.2 Å². The van der Waals surface area contributed by atoms with Crippen molar-refractivity contribution < 1.29 is 22.7 Å². The zero-order chi connectivity index (χ0) is 21.0. The van der Waals surface area contributed by atoms with Crippen LogP contribution < -0.4 is 5.32 Å². The zero-order valence-electron chi connectivity index (χ0n) is 16.4. The number of methoxy groups -OCH3 is 1. The number of para-hydroxylation sites is 1. The maximum Gasteiger partial charge on any atom is 0.337 e. The molecule has 2 aromatic carbocycles. The molecule has 1 heterocycles. The van der Waals surface area contributed by atoms with E-state index in [1.54, 1.807) is 19.1 Å². The highest BCUT2D eigenvalue weighted by Crippen LogP contribution is 2.27. The third-order valence-electron chi connectivity index (χ3n) is 5.01. The summed E-state index contributed by atoms with van der Waals surface area (Å²) in [6, 6.07) is 13.5. The van der Waals surface area contributed by atoms with Crippen molar-refractivity contribution in [2.24, 2.45) is 5.92 Å². The number of hydrogen-bond donors (Lipinski definition) is 1. The van der Waals surface area contributed by atoms with Crippen molar-refractivity contribution in [3.05, 3.63) is 59.7 Å². The minimum atomic E-state index is -3.78. The second-order valence-electron chi connectivity index (χ2n) is 7.03. The molecule has 1 aliphatic rings. The molecule has 0 bridgehead atoms. The maximum absolute atomic E-state index is 13.2. The summed E-state index contributed by atoms with van der Waals surface area (Å²) in [7, 11) is -2.51. The Labute approximate surface area is 170 Å². The van der Waals surface area contributed by atoms with Gasteiger partial charge in [-0.15, -0.1) is 0 Å². The molecule has 8 heteroatoms. The van der Waals surface area contributed by atoms with Gasteiger partial charge in [0.25, 0.3) is 0 Å². The third-order valence-corrected chi connectivity index (χ3v) is 7.04. The first-order valence-electron chi connectivity index (χ1n) is 9.38. The van der Waals surface area contributed by atoms with Crippen LogP contribution in [-0.4, -0.2) is 44.8 Å². The van der Waals surface area contributed by atoms with Crippen molar-refractivity contribution in [3.63, 3.8) is 0 Å². The molecule has 1 N–H and O–H groups in total. The number of esters is 1. The number of amides is 1.